The van der Waals surface area contributed by atoms with Gasteiger partial charge in [-0.15, -0.1) is 0 Å². The van der Waals surface area contributed by atoms with E-state index in [1.54, 1.807) is 6.07 Å². The predicted octanol–water partition coefficient (Wildman–Crippen LogP) is 1.36. The number of hydrogen-bond donors (Lipinski definition) is 0. The van der Waals surface area contributed by atoms with Crippen LogP contribution in [0.4, 0.5) is 0 Å². The summed E-state index contributed by atoms with van der Waals surface area (Å²) in [6.07, 6.45) is 1.50. The molecule has 3 heterocycles. The minimum atomic E-state index is -0.619. The van der Waals surface area contributed by atoms with E-state index in [-0.39, 0.29) is 17.2 Å². The Morgan fingerprint density at radius 2 is 1.89 bits per heavy atom. The topological polar surface area (TPSA) is 83.5 Å². The average Bonchev–Trinajstić information content (AvgIpc) is 3.06. The predicted molar refractivity (Wildman–Crippen MR) is 92.7 cm³/mol. The number of esters is 2. The van der Waals surface area contributed by atoms with E-state index in [0.29, 0.717) is 38.5 Å². The van der Waals surface area contributed by atoms with E-state index in [1.807, 2.05) is 6.07 Å². The van der Waals surface area contributed by atoms with E-state index in [0.717, 1.165) is 18.5 Å². The number of nitrogens with zero attached hydrogens (tertiary/aromatic N) is 1. The zero-order valence-electron chi connectivity index (χ0n) is 15.5. The lowest BCUT2D eigenvalue weighted by Gasteiger charge is -2.42. The molecule has 0 N–H and O–H groups in total. The van der Waals surface area contributed by atoms with E-state index in [4.69, 9.17) is 23.7 Å². The number of benzene rings is 1. The molecule has 1 atom stereocenters. The highest BCUT2D eigenvalue weighted by Crippen LogP contribution is 2.39. The molecule has 3 aliphatic heterocycles. The highest BCUT2D eigenvalue weighted by Gasteiger charge is 2.45. The zero-order chi connectivity index (χ0) is 19.0. The minimum Gasteiger partial charge on any atom is -0.491 e. The number of methoxy groups -OCH3 is 2. The first-order valence-corrected chi connectivity index (χ1v) is 9.04. The number of piperidine rings is 1. The van der Waals surface area contributed by atoms with Gasteiger partial charge in [0.05, 0.1) is 33.0 Å². The van der Waals surface area contributed by atoms with Gasteiger partial charge in [-0.05, 0) is 6.07 Å². The van der Waals surface area contributed by atoms with Crippen LogP contribution in [0.5, 0.6) is 5.75 Å². The first-order chi connectivity index (χ1) is 13.1. The van der Waals surface area contributed by atoms with E-state index < -0.39 is 17.7 Å². The van der Waals surface area contributed by atoms with Gasteiger partial charge in [0.1, 0.15) is 17.9 Å². The third-order valence-electron chi connectivity index (χ3n) is 5.48. The van der Waals surface area contributed by atoms with Crippen molar-refractivity contribution in [1.82, 2.24) is 4.90 Å². The highest BCUT2D eigenvalue weighted by molar-refractivity contribution is 6.05. The Labute approximate surface area is 157 Å². The van der Waals surface area contributed by atoms with Crippen molar-refractivity contribution >= 4 is 11.9 Å². The monoisotopic (exact) mass is 377 g/mol. The SMILES string of the molecule is COC(=O)c1ccc2c(c1C(=O)OC)OC[C@H]1CC3(CCN1C2)OCCO3. The van der Waals surface area contributed by atoms with Crippen LogP contribution in [-0.4, -0.2) is 69.3 Å². The molecular formula is C19H23NO7. The molecular weight excluding hydrogens is 354 g/mol. The molecule has 0 aromatic heterocycles. The summed E-state index contributed by atoms with van der Waals surface area (Å²) in [6, 6.07) is 3.50. The lowest BCUT2D eigenvalue weighted by Crippen LogP contribution is -2.52. The number of hydrogen-bond acceptors (Lipinski definition) is 8. The fourth-order valence-electron chi connectivity index (χ4n) is 4.12. The Kier molecular flexibility index (Phi) is 4.79. The Morgan fingerprint density at radius 3 is 2.59 bits per heavy atom. The Hall–Kier alpha value is -2.16. The molecule has 1 spiro atoms. The quantitative estimate of drug-likeness (QED) is 0.715. The molecule has 0 aliphatic carbocycles. The molecule has 1 aromatic rings. The summed E-state index contributed by atoms with van der Waals surface area (Å²) >= 11 is 0. The third-order valence-corrected chi connectivity index (χ3v) is 5.48. The lowest BCUT2D eigenvalue weighted by molar-refractivity contribution is -0.199. The summed E-state index contributed by atoms with van der Waals surface area (Å²) < 4.78 is 27.5. The Bertz CT molecular complexity index is 757. The lowest BCUT2D eigenvalue weighted by atomic mass is 9.95. The molecule has 2 fully saturated rings. The van der Waals surface area contributed by atoms with Crippen molar-refractivity contribution < 1.29 is 33.3 Å². The van der Waals surface area contributed by atoms with Crippen molar-refractivity contribution in [3.8, 4) is 5.75 Å². The molecule has 4 rings (SSSR count). The van der Waals surface area contributed by atoms with Gasteiger partial charge in [0.25, 0.3) is 0 Å². The summed E-state index contributed by atoms with van der Waals surface area (Å²) in [7, 11) is 2.55. The summed E-state index contributed by atoms with van der Waals surface area (Å²) in [5, 5.41) is 0. The van der Waals surface area contributed by atoms with Gasteiger partial charge in [0, 0.05) is 37.5 Å². The Morgan fingerprint density at radius 1 is 1.15 bits per heavy atom. The summed E-state index contributed by atoms with van der Waals surface area (Å²) in [6.45, 7) is 3.02. The molecule has 1 aromatic carbocycles. The fourth-order valence-corrected chi connectivity index (χ4v) is 4.12. The van der Waals surface area contributed by atoms with Crippen LogP contribution in [-0.2, 0) is 25.5 Å². The van der Waals surface area contributed by atoms with Crippen LogP contribution in [0.2, 0.25) is 0 Å². The fraction of sp³-hybridized carbons (Fsp3) is 0.579. The maximum Gasteiger partial charge on any atom is 0.342 e. The van der Waals surface area contributed by atoms with Crippen molar-refractivity contribution in [3.63, 3.8) is 0 Å². The van der Waals surface area contributed by atoms with Crippen molar-refractivity contribution in [1.29, 1.82) is 0 Å². The van der Waals surface area contributed by atoms with Gasteiger partial charge >= 0.3 is 11.9 Å². The summed E-state index contributed by atoms with van der Waals surface area (Å²) in [4.78, 5) is 26.8. The van der Waals surface area contributed by atoms with E-state index in [2.05, 4.69) is 4.90 Å². The number of rotatable bonds is 2. The van der Waals surface area contributed by atoms with Crippen LogP contribution in [0.25, 0.3) is 0 Å². The van der Waals surface area contributed by atoms with Gasteiger partial charge in [-0.3, -0.25) is 4.90 Å². The van der Waals surface area contributed by atoms with E-state index in [9.17, 15) is 9.59 Å². The molecule has 27 heavy (non-hydrogen) atoms. The van der Waals surface area contributed by atoms with Crippen molar-refractivity contribution in [2.75, 3.05) is 40.6 Å². The maximum atomic E-state index is 12.4. The highest BCUT2D eigenvalue weighted by atomic mass is 16.7. The molecule has 0 amide bonds. The minimum absolute atomic E-state index is 0.0938. The second-order valence-corrected chi connectivity index (χ2v) is 6.96. The molecule has 146 valence electrons. The molecule has 8 nitrogen and oxygen atoms in total. The zero-order valence-corrected chi connectivity index (χ0v) is 15.5. The van der Waals surface area contributed by atoms with Gasteiger partial charge in [-0.2, -0.15) is 0 Å². The van der Waals surface area contributed by atoms with Crippen LogP contribution in [0.15, 0.2) is 12.1 Å². The normalized spacial score (nSPS) is 23.7. The van der Waals surface area contributed by atoms with Crippen molar-refractivity contribution in [3.05, 3.63) is 28.8 Å². The third kappa shape index (κ3) is 3.18. The average molecular weight is 377 g/mol. The standard InChI is InChI=1S/C19H23NO7/c1-23-17(21)14-4-3-12-10-20-6-5-19(26-7-8-27-19)9-13(20)11-25-16(12)15(14)18(22)24-2/h3-4,13H,5-11H2,1-2H3/t13-/m1/s1. The maximum absolute atomic E-state index is 12.4. The number of ether oxygens (including phenoxy) is 5. The van der Waals surface area contributed by atoms with Crippen LogP contribution in [0, 0.1) is 0 Å². The molecule has 0 unspecified atom stereocenters. The van der Waals surface area contributed by atoms with Gasteiger partial charge in [0.15, 0.2) is 5.79 Å². The second kappa shape index (κ2) is 7.10. The van der Waals surface area contributed by atoms with Crippen LogP contribution < -0.4 is 4.74 Å². The molecule has 0 radical (unpaired) electrons. The first kappa shape index (κ1) is 18.2. The number of fused-ring (bicyclic) bond motifs is 2. The first-order valence-electron chi connectivity index (χ1n) is 9.04. The molecule has 2 saturated heterocycles. The Balaban J connectivity index is 1.67. The van der Waals surface area contributed by atoms with Crippen molar-refractivity contribution in [2.24, 2.45) is 0 Å². The molecule has 3 aliphatic rings. The van der Waals surface area contributed by atoms with Gasteiger partial charge < -0.3 is 23.7 Å². The van der Waals surface area contributed by atoms with E-state index in [1.165, 1.54) is 14.2 Å². The van der Waals surface area contributed by atoms with Gasteiger partial charge in [-0.25, -0.2) is 9.59 Å². The summed E-state index contributed by atoms with van der Waals surface area (Å²) in [5.41, 5.74) is 1.10. The van der Waals surface area contributed by atoms with Crippen LogP contribution in [0.3, 0.4) is 0 Å². The van der Waals surface area contributed by atoms with Gasteiger partial charge in [0.2, 0.25) is 0 Å². The molecule has 0 saturated carbocycles. The van der Waals surface area contributed by atoms with Crippen molar-refractivity contribution in [2.45, 2.75) is 31.2 Å². The number of carbonyl (C=O) groups excluding carboxylic acids is 2. The van der Waals surface area contributed by atoms with Crippen LogP contribution in [0.1, 0.15) is 39.1 Å². The van der Waals surface area contributed by atoms with E-state index >= 15 is 0 Å². The summed E-state index contributed by atoms with van der Waals surface area (Å²) in [5.74, 6) is -1.35. The second-order valence-electron chi connectivity index (χ2n) is 6.96. The van der Waals surface area contributed by atoms with Gasteiger partial charge in [-0.1, -0.05) is 6.07 Å². The largest absolute Gasteiger partial charge is 0.491 e. The van der Waals surface area contributed by atoms with Crippen LogP contribution >= 0.6 is 0 Å². The molecule has 0 bridgehead atoms. The smallest absolute Gasteiger partial charge is 0.342 e. The molecule has 8 heteroatoms. The number of carbonyl (C=O) groups is 2.